The van der Waals surface area contributed by atoms with Crippen molar-refractivity contribution < 1.29 is 9.53 Å². The van der Waals surface area contributed by atoms with Crippen LogP contribution in [0.1, 0.15) is 35.7 Å². The predicted molar refractivity (Wildman–Crippen MR) is 85.7 cm³/mol. The van der Waals surface area contributed by atoms with E-state index in [1.54, 1.807) is 11.5 Å². The standard InChI is InChI=1S/C15H18BrN3O2/c1-4-12-18-13(15(20)21-5-2)14(17)19(12)11-7-6-9(3)8-10(11)16/h6-8H,4-5,17H2,1-3H3. The van der Waals surface area contributed by atoms with E-state index >= 15 is 0 Å². The van der Waals surface area contributed by atoms with E-state index in [1.165, 1.54) is 0 Å². The molecule has 1 aromatic heterocycles. The highest BCUT2D eigenvalue weighted by molar-refractivity contribution is 9.10. The van der Waals surface area contributed by atoms with Gasteiger partial charge in [-0.3, -0.25) is 4.57 Å². The highest BCUT2D eigenvalue weighted by Crippen LogP contribution is 2.28. The first kappa shape index (κ1) is 15.6. The van der Waals surface area contributed by atoms with Crippen LogP contribution in [0.15, 0.2) is 22.7 Å². The molecular weight excluding hydrogens is 334 g/mol. The minimum Gasteiger partial charge on any atom is -0.461 e. The lowest BCUT2D eigenvalue weighted by Crippen LogP contribution is -2.10. The highest BCUT2D eigenvalue weighted by atomic mass is 79.9. The average molecular weight is 352 g/mol. The van der Waals surface area contributed by atoms with Crippen LogP contribution in [-0.4, -0.2) is 22.1 Å². The molecule has 6 heteroatoms. The first-order valence-electron chi connectivity index (χ1n) is 6.80. The number of aryl methyl sites for hydroxylation is 2. The van der Waals surface area contributed by atoms with Gasteiger partial charge in [0, 0.05) is 10.9 Å². The lowest BCUT2D eigenvalue weighted by molar-refractivity contribution is 0.0521. The molecular formula is C15H18BrN3O2. The summed E-state index contributed by atoms with van der Waals surface area (Å²) in [6, 6.07) is 5.94. The largest absolute Gasteiger partial charge is 0.461 e. The van der Waals surface area contributed by atoms with E-state index in [9.17, 15) is 4.79 Å². The molecule has 2 aromatic rings. The second kappa shape index (κ2) is 6.30. The number of halogens is 1. The molecule has 0 aliphatic carbocycles. The van der Waals surface area contributed by atoms with Gasteiger partial charge in [0.25, 0.3) is 0 Å². The van der Waals surface area contributed by atoms with Crippen LogP contribution in [0.25, 0.3) is 5.69 Å². The second-order valence-electron chi connectivity index (χ2n) is 4.63. The molecule has 21 heavy (non-hydrogen) atoms. The van der Waals surface area contributed by atoms with Gasteiger partial charge in [0.1, 0.15) is 11.6 Å². The number of benzene rings is 1. The van der Waals surface area contributed by atoms with Crippen LogP contribution in [0.4, 0.5) is 5.82 Å². The molecule has 0 spiro atoms. The summed E-state index contributed by atoms with van der Waals surface area (Å²) >= 11 is 3.54. The Hall–Kier alpha value is -1.82. The first-order valence-corrected chi connectivity index (χ1v) is 7.59. The smallest absolute Gasteiger partial charge is 0.360 e. The quantitative estimate of drug-likeness (QED) is 0.858. The number of hydrogen-bond acceptors (Lipinski definition) is 4. The van der Waals surface area contributed by atoms with Gasteiger partial charge < -0.3 is 10.5 Å². The number of esters is 1. The summed E-state index contributed by atoms with van der Waals surface area (Å²) < 4.78 is 7.69. The Kier molecular flexibility index (Phi) is 4.67. The molecule has 0 saturated carbocycles. The van der Waals surface area contributed by atoms with E-state index in [1.807, 2.05) is 32.0 Å². The monoisotopic (exact) mass is 351 g/mol. The van der Waals surface area contributed by atoms with Gasteiger partial charge >= 0.3 is 5.97 Å². The third kappa shape index (κ3) is 2.95. The highest BCUT2D eigenvalue weighted by Gasteiger charge is 2.22. The molecule has 0 saturated heterocycles. The zero-order valence-electron chi connectivity index (χ0n) is 12.3. The summed E-state index contributed by atoms with van der Waals surface area (Å²) in [5, 5.41) is 0. The Bertz CT molecular complexity index is 680. The number of carbonyl (C=O) groups is 1. The van der Waals surface area contributed by atoms with Gasteiger partial charge in [0.15, 0.2) is 5.69 Å². The molecule has 1 heterocycles. The molecule has 2 N–H and O–H groups in total. The number of ether oxygens (including phenoxy) is 1. The van der Waals surface area contributed by atoms with Gasteiger partial charge in [-0.25, -0.2) is 9.78 Å². The molecule has 0 unspecified atom stereocenters. The predicted octanol–water partition coefficient (Wildman–Crippen LogP) is 3.26. The normalized spacial score (nSPS) is 10.7. The number of carbonyl (C=O) groups excluding carboxylic acids is 1. The van der Waals surface area contributed by atoms with Gasteiger partial charge in [-0.2, -0.15) is 0 Å². The van der Waals surface area contributed by atoms with E-state index in [0.29, 0.717) is 18.8 Å². The van der Waals surface area contributed by atoms with Crippen LogP contribution in [-0.2, 0) is 11.2 Å². The van der Waals surface area contributed by atoms with E-state index in [0.717, 1.165) is 21.5 Å². The maximum atomic E-state index is 11.9. The van der Waals surface area contributed by atoms with Crippen LogP contribution >= 0.6 is 15.9 Å². The van der Waals surface area contributed by atoms with E-state index in [2.05, 4.69) is 20.9 Å². The van der Waals surface area contributed by atoms with Gasteiger partial charge in [0.2, 0.25) is 0 Å². The van der Waals surface area contributed by atoms with Crippen LogP contribution in [0, 0.1) is 6.92 Å². The number of rotatable bonds is 4. The van der Waals surface area contributed by atoms with Crippen molar-refractivity contribution >= 4 is 27.7 Å². The van der Waals surface area contributed by atoms with Crippen molar-refractivity contribution in [2.45, 2.75) is 27.2 Å². The Balaban J connectivity index is 2.60. The van der Waals surface area contributed by atoms with E-state index < -0.39 is 5.97 Å². The Morgan fingerprint density at radius 3 is 2.71 bits per heavy atom. The number of nitrogen functional groups attached to an aromatic ring is 1. The van der Waals surface area contributed by atoms with Gasteiger partial charge in [-0.15, -0.1) is 0 Å². The molecule has 112 valence electrons. The van der Waals surface area contributed by atoms with E-state index in [4.69, 9.17) is 10.5 Å². The van der Waals surface area contributed by atoms with Crippen molar-refractivity contribution in [3.05, 3.63) is 39.8 Å². The third-order valence-electron chi connectivity index (χ3n) is 3.11. The van der Waals surface area contributed by atoms with Crippen molar-refractivity contribution in [3.8, 4) is 5.69 Å². The summed E-state index contributed by atoms with van der Waals surface area (Å²) in [5.74, 6) is 0.529. The molecule has 0 radical (unpaired) electrons. The number of nitrogens with two attached hydrogens (primary N) is 1. The summed E-state index contributed by atoms with van der Waals surface area (Å²) in [7, 11) is 0. The molecule has 0 atom stereocenters. The van der Waals surface area contributed by atoms with Crippen LogP contribution in [0.2, 0.25) is 0 Å². The fourth-order valence-corrected chi connectivity index (χ4v) is 2.80. The molecule has 2 rings (SSSR count). The zero-order valence-corrected chi connectivity index (χ0v) is 13.9. The van der Waals surface area contributed by atoms with Crippen LogP contribution in [0.5, 0.6) is 0 Å². The number of imidazole rings is 1. The van der Waals surface area contributed by atoms with Crippen molar-refractivity contribution in [3.63, 3.8) is 0 Å². The summed E-state index contributed by atoms with van der Waals surface area (Å²) in [6.45, 7) is 6.02. The minimum absolute atomic E-state index is 0.168. The lowest BCUT2D eigenvalue weighted by atomic mass is 10.2. The van der Waals surface area contributed by atoms with Crippen molar-refractivity contribution in [2.24, 2.45) is 0 Å². The molecule has 1 aromatic carbocycles. The van der Waals surface area contributed by atoms with Crippen LogP contribution < -0.4 is 5.73 Å². The maximum absolute atomic E-state index is 11.9. The fourth-order valence-electron chi connectivity index (χ4n) is 2.13. The van der Waals surface area contributed by atoms with E-state index in [-0.39, 0.29) is 5.69 Å². The van der Waals surface area contributed by atoms with Crippen molar-refractivity contribution in [1.82, 2.24) is 9.55 Å². The van der Waals surface area contributed by atoms with Crippen molar-refractivity contribution in [1.29, 1.82) is 0 Å². The number of hydrogen-bond donors (Lipinski definition) is 1. The fraction of sp³-hybridized carbons (Fsp3) is 0.333. The summed E-state index contributed by atoms with van der Waals surface area (Å²) in [4.78, 5) is 16.3. The Labute approximate surface area is 132 Å². The molecule has 5 nitrogen and oxygen atoms in total. The van der Waals surface area contributed by atoms with Crippen LogP contribution in [0.3, 0.4) is 0 Å². The topological polar surface area (TPSA) is 70.1 Å². The Morgan fingerprint density at radius 1 is 1.43 bits per heavy atom. The summed E-state index contributed by atoms with van der Waals surface area (Å²) in [5.41, 5.74) is 8.29. The van der Waals surface area contributed by atoms with Gasteiger partial charge in [-0.05, 0) is 47.5 Å². The zero-order chi connectivity index (χ0) is 15.6. The van der Waals surface area contributed by atoms with Gasteiger partial charge in [-0.1, -0.05) is 13.0 Å². The molecule has 0 aliphatic rings. The number of nitrogens with zero attached hydrogens (tertiary/aromatic N) is 2. The average Bonchev–Trinajstić information content (AvgIpc) is 2.76. The Morgan fingerprint density at radius 2 is 2.14 bits per heavy atom. The molecule has 0 bridgehead atoms. The number of aromatic nitrogens is 2. The molecule has 0 aliphatic heterocycles. The number of anilines is 1. The maximum Gasteiger partial charge on any atom is 0.360 e. The molecule has 0 amide bonds. The second-order valence-corrected chi connectivity index (χ2v) is 5.48. The first-order chi connectivity index (χ1) is 9.99. The van der Waals surface area contributed by atoms with Gasteiger partial charge in [0.05, 0.1) is 12.3 Å². The SMILES string of the molecule is CCOC(=O)c1nc(CC)n(-c2ccc(C)cc2Br)c1N. The van der Waals surface area contributed by atoms with Crippen molar-refractivity contribution in [2.75, 3.05) is 12.3 Å². The summed E-state index contributed by atoms with van der Waals surface area (Å²) in [6.07, 6.45) is 0.657. The minimum atomic E-state index is -0.494. The lowest BCUT2D eigenvalue weighted by Gasteiger charge is -2.11. The molecule has 0 fully saturated rings. The third-order valence-corrected chi connectivity index (χ3v) is 3.75.